The second-order valence-corrected chi connectivity index (χ2v) is 12.4. The maximum atomic E-state index is 9.67. The summed E-state index contributed by atoms with van der Waals surface area (Å²) >= 11 is 0. The van der Waals surface area contributed by atoms with Crippen molar-refractivity contribution in [3.8, 4) is 11.6 Å². The Morgan fingerprint density at radius 1 is 0.468 bits per heavy atom. The van der Waals surface area contributed by atoms with Gasteiger partial charge in [-0.25, -0.2) is 9.97 Å². The Labute approximate surface area is 398 Å². The molecule has 0 aliphatic heterocycles. The standard InChI is InChI=1S/C12H9N3.C12H8N3.2C10H16.CH4.4CH3.BF3.FH.2Ir/c2*1-2-6-11-10(5-1)14-9-15(11)12-7-3-4-8-13-12;2*1-2-4-6-8-10-9-7-5-3-1;;;;;;2-1(3)4;;;/h1-9H;1-8H;2*1-2,7,9H,3-6,8,10H2;1H4;4*1H3;;1H;;/q;-1;;;;4*-1;;;;/p-1. The summed E-state index contributed by atoms with van der Waals surface area (Å²) in [6.07, 6.45) is 42.3. The molecule has 2 aliphatic rings. The van der Waals surface area contributed by atoms with Gasteiger partial charge in [0.05, 0.1) is 16.9 Å². The van der Waals surface area contributed by atoms with Gasteiger partial charge in [-0.2, -0.15) is 0 Å². The third-order valence-electron chi connectivity index (χ3n) is 8.27. The number of benzene rings is 2. The summed E-state index contributed by atoms with van der Waals surface area (Å²) in [5.74, 6) is 1.73. The Bertz CT molecular complexity index is 1830. The Morgan fingerprint density at radius 3 is 1.27 bits per heavy atom. The fraction of sp³-hybridized carbons (Fsp3) is 0.265. The monoisotopic (exact) mass is 1210 g/mol. The molecule has 62 heavy (non-hydrogen) atoms. The van der Waals surface area contributed by atoms with Gasteiger partial charge in [0.1, 0.15) is 12.1 Å². The maximum absolute atomic E-state index is 9.67. The number of rotatable bonds is 2. The number of imidazole rings is 2. The zero-order chi connectivity index (χ0) is 37.9. The van der Waals surface area contributed by atoms with Crippen LogP contribution in [0, 0.1) is 36.0 Å². The molecule has 0 unspecified atom stereocenters. The molecule has 4 aromatic heterocycles. The summed E-state index contributed by atoms with van der Waals surface area (Å²) in [6, 6.07) is 27.6. The molecule has 0 bridgehead atoms. The molecular formula is C49H65BF4Ir2N6-6. The minimum atomic E-state index is -3.67. The number of allylic oxidation sites excluding steroid dienone is 8. The molecule has 0 N–H and O–H groups in total. The van der Waals surface area contributed by atoms with E-state index in [1.54, 1.807) is 18.7 Å². The first kappa shape index (κ1) is 66.8. The van der Waals surface area contributed by atoms with E-state index in [9.17, 15) is 12.9 Å². The number of aromatic nitrogens is 6. The average molecular weight is 1210 g/mol. The topological polar surface area (TPSA) is 61.4 Å². The second-order valence-electron chi connectivity index (χ2n) is 12.4. The zero-order valence-electron chi connectivity index (χ0n) is 35.9. The summed E-state index contributed by atoms with van der Waals surface area (Å²) in [5.41, 5.74) is 4.03. The molecule has 0 spiro atoms. The average Bonchev–Trinajstić information content (AvgIpc) is 3.86. The predicted octanol–water partition coefficient (Wildman–Crippen LogP) is 11.9. The van der Waals surface area contributed by atoms with E-state index in [0.717, 1.165) is 33.7 Å². The third kappa shape index (κ3) is 26.3. The van der Waals surface area contributed by atoms with Crippen LogP contribution in [0.3, 0.4) is 0 Å². The Balaban J connectivity index is -0.000000220. The molecule has 0 saturated carbocycles. The smallest absolute Gasteiger partial charge is 0.762 e. The van der Waals surface area contributed by atoms with Gasteiger partial charge in [0.2, 0.25) is 0 Å². The SMILES string of the molecule is C.C1=CCCCCC=CCC1.C1=CCCCCC=CCC1.FB(F)F.[CH3-].[CH3-].[CH3-].[CH3-].[F-].[Ir].[Ir].[c-]1nc2ccccc2n1-c1ccccn1.c1ccc(-n2cnc3ccccc32)nc1. The van der Waals surface area contributed by atoms with Crippen molar-refractivity contribution in [2.75, 3.05) is 0 Å². The van der Waals surface area contributed by atoms with E-state index < -0.39 is 7.54 Å². The molecule has 2 radical (unpaired) electrons. The number of para-hydroxylation sites is 4. The first-order valence-corrected chi connectivity index (χ1v) is 18.8. The van der Waals surface area contributed by atoms with Gasteiger partial charge in [-0.15, -0.1) is 0 Å². The summed E-state index contributed by atoms with van der Waals surface area (Å²) in [5, 5.41) is 0. The van der Waals surface area contributed by atoms with Crippen molar-refractivity contribution in [1.29, 1.82) is 0 Å². The Morgan fingerprint density at radius 2 is 0.839 bits per heavy atom. The van der Waals surface area contributed by atoms with Crippen LogP contribution >= 0.6 is 0 Å². The summed E-state index contributed by atoms with van der Waals surface area (Å²) in [4.78, 5) is 17.1. The number of pyridine rings is 2. The van der Waals surface area contributed by atoms with Gasteiger partial charge in [0, 0.05) is 58.9 Å². The molecule has 0 atom stereocenters. The van der Waals surface area contributed by atoms with Crippen LogP contribution in [0.15, 0.2) is 152 Å². The largest absolute Gasteiger partial charge is 1.00 e. The molecule has 13 heteroatoms. The molecule has 0 saturated heterocycles. The van der Waals surface area contributed by atoms with E-state index in [2.05, 4.69) is 74.9 Å². The van der Waals surface area contributed by atoms with Crippen LogP contribution < -0.4 is 4.70 Å². The van der Waals surface area contributed by atoms with E-state index in [-0.39, 0.29) is 82.0 Å². The van der Waals surface area contributed by atoms with E-state index in [1.165, 1.54) is 77.0 Å². The maximum Gasteiger partial charge on any atom is 0.762 e. The van der Waals surface area contributed by atoms with Crippen LogP contribution in [0.1, 0.15) is 84.5 Å². The Kier molecular flexibility index (Phi) is 45.3. The molecule has 0 amide bonds. The van der Waals surface area contributed by atoms with Crippen molar-refractivity contribution >= 4 is 29.6 Å². The number of nitrogens with zero attached hydrogens (tertiary/aromatic N) is 6. The third-order valence-corrected chi connectivity index (χ3v) is 8.27. The quantitative estimate of drug-likeness (QED) is 0.0750. The van der Waals surface area contributed by atoms with Gasteiger partial charge < -0.3 is 44.0 Å². The molecule has 4 heterocycles. The fourth-order valence-corrected chi connectivity index (χ4v) is 5.58. The Hall–Kier alpha value is -4.28. The zero-order valence-corrected chi connectivity index (χ0v) is 40.6. The molecule has 346 valence electrons. The second kappa shape index (κ2) is 42.0. The number of hydrogen-bond donors (Lipinski definition) is 0. The minimum Gasteiger partial charge on any atom is -1.00 e. The van der Waals surface area contributed by atoms with Crippen LogP contribution in [0.5, 0.6) is 0 Å². The summed E-state index contributed by atoms with van der Waals surface area (Å²) < 4.78 is 32.8. The summed E-state index contributed by atoms with van der Waals surface area (Å²) in [7, 11) is -3.67. The van der Waals surface area contributed by atoms with Gasteiger partial charge in [-0.1, -0.05) is 116 Å². The number of hydrogen-bond acceptors (Lipinski definition) is 4. The molecule has 0 fully saturated rings. The summed E-state index contributed by atoms with van der Waals surface area (Å²) in [6.45, 7) is 0. The van der Waals surface area contributed by atoms with Crippen LogP contribution in [0.4, 0.5) is 12.9 Å². The molecule has 8 rings (SSSR count). The molecular weight excluding hydrogens is 1140 g/mol. The molecule has 2 aromatic carbocycles. The van der Waals surface area contributed by atoms with Crippen LogP contribution in [0.25, 0.3) is 33.7 Å². The van der Waals surface area contributed by atoms with Gasteiger partial charge in [0.15, 0.2) is 0 Å². The van der Waals surface area contributed by atoms with Gasteiger partial charge in [-0.05, 0) is 113 Å². The predicted molar refractivity (Wildman–Crippen MR) is 250 cm³/mol. The van der Waals surface area contributed by atoms with Crippen molar-refractivity contribution in [3.63, 3.8) is 0 Å². The fourth-order valence-electron chi connectivity index (χ4n) is 5.58. The van der Waals surface area contributed by atoms with Crippen LogP contribution in [-0.4, -0.2) is 36.6 Å². The van der Waals surface area contributed by atoms with E-state index in [1.807, 2.05) is 94.1 Å². The van der Waals surface area contributed by atoms with Gasteiger partial charge in [0.25, 0.3) is 0 Å². The van der Waals surface area contributed by atoms with Crippen molar-refractivity contribution in [1.82, 2.24) is 29.1 Å². The van der Waals surface area contributed by atoms with Crippen molar-refractivity contribution in [3.05, 3.63) is 188 Å². The first-order chi connectivity index (χ1) is 26.6. The molecule has 6 nitrogen and oxygen atoms in total. The number of fused-ring (bicyclic) bond motifs is 2. The van der Waals surface area contributed by atoms with Gasteiger partial charge in [-0.3, -0.25) is 22.5 Å². The van der Waals surface area contributed by atoms with Gasteiger partial charge >= 0.3 is 7.54 Å². The van der Waals surface area contributed by atoms with E-state index in [4.69, 9.17) is 0 Å². The van der Waals surface area contributed by atoms with Crippen molar-refractivity contribution in [2.24, 2.45) is 0 Å². The first-order valence-electron chi connectivity index (χ1n) is 18.8. The van der Waals surface area contributed by atoms with E-state index >= 15 is 0 Å². The van der Waals surface area contributed by atoms with Crippen LogP contribution in [0.2, 0.25) is 0 Å². The molecule has 2 aliphatic carbocycles. The van der Waals surface area contributed by atoms with Crippen molar-refractivity contribution in [2.45, 2.75) is 84.5 Å². The molecule has 6 aromatic rings. The minimum absolute atomic E-state index is 0. The van der Waals surface area contributed by atoms with Crippen LogP contribution in [-0.2, 0) is 40.2 Å². The number of halogens is 4. The van der Waals surface area contributed by atoms with Crippen molar-refractivity contribution < 1.29 is 57.9 Å². The van der Waals surface area contributed by atoms with E-state index in [0.29, 0.717) is 0 Å². The normalized spacial score (nSPS) is 12.3.